The third kappa shape index (κ3) is 4.03. The van der Waals surface area contributed by atoms with Crippen LogP contribution in [0.25, 0.3) is 10.6 Å². The fourth-order valence-electron chi connectivity index (χ4n) is 2.41. The molecule has 0 bridgehead atoms. The van der Waals surface area contributed by atoms with Crippen molar-refractivity contribution in [3.8, 4) is 16.3 Å². The molecule has 1 amide bonds. The number of anilines is 1. The second-order valence-electron chi connectivity index (χ2n) is 5.46. The van der Waals surface area contributed by atoms with Crippen molar-refractivity contribution in [1.82, 2.24) is 4.98 Å². The van der Waals surface area contributed by atoms with Crippen LogP contribution >= 0.6 is 11.3 Å². The monoisotopic (exact) mass is 356 g/mol. The van der Waals surface area contributed by atoms with Gasteiger partial charge in [0.2, 0.25) is 5.91 Å². The van der Waals surface area contributed by atoms with Gasteiger partial charge in [0.15, 0.2) is 0 Å². The van der Waals surface area contributed by atoms with Crippen molar-refractivity contribution in [2.45, 2.75) is 13.3 Å². The molecule has 0 unspecified atom stereocenters. The Balaban J connectivity index is 1.76. The number of nitrogens with one attached hydrogen (secondary N) is 1. The Morgan fingerprint density at radius 3 is 2.64 bits per heavy atom. The van der Waals surface area contributed by atoms with Crippen LogP contribution in [0.2, 0.25) is 0 Å². The number of carbonyl (C=O) groups excluding carboxylic acids is 1. The van der Waals surface area contributed by atoms with Gasteiger partial charge in [-0.3, -0.25) is 4.79 Å². The van der Waals surface area contributed by atoms with Gasteiger partial charge in [-0.1, -0.05) is 12.1 Å². The second-order valence-corrected chi connectivity index (χ2v) is 6.54. The summed E-state index contributed by atoms with van der Waals surface area (Å²) in [5.74, 6) is 0.251. The fourth-order valence-corrected chi connectivity index (χ4v) is 3.50. The molecule has 0 saturated carbocycles. The van der Waals surface area contributed by atoms with E-state index in [-0.39, 0.29) is 18.1 Å². The molecule has 1 N–H and O–H groups in total. The number of amides is 1. The lowest BCUT2D eigenvalue weighted by Gasteiger charge is -2.05. The molecule has 0 fully saturated rings. The van der Waals surface area contributed by atoms with Crippen molar-refractivity contribution in [1.29, 1.82) is 0 Å². The van der Waals surface area contributed by atoms with Gasteiger partial charge in [0.25, 0.3) is 0 Å². The standard InChI is InChI=1S/C19H17FN2O2S/c1-12-17(11-18(23)22-14-9-7-13(20)8-10-14)25-19(21-12)15-5-3-4-6-16(15)24-2/h3-10H,11H2,1-2H3,(H,22,23). The molecular weight excluding hydrogens is 339 g/mol. The molecule has 0 radical (unpaired) electrons. The van der Waals surface area contributed by atoms with Crippen molar-refractivity contribution in [3.05, 3.63) is 64.9 Å². The van der Waals surface area contributed by atoms with E-state index < -0.39 is 0 Å². The first-order chi connectivity index (χ1) is 12.1. The molecule has 128 valence electrons. The van der Waals surface area contributed by atoms with Gasteiger partial charge in [-0.2, -0.15) is 0 Å². The third-order valence-electron chi connectivity index (χ3n) is 3.68. The number of para-hydroxylation sites is 1. The molecule has 0 aliphatic carbocycles. The van der Waals surface area contributed by atoms with Gasteiger partial charge >= 0.3 is 0 Å². The third-order valence-corrected chi connectivity index (χ3v) is 4.87. The van der Waals surface area contributed by atoms with Crippen molar-refractivity contribution in [3.63, 3.8) is 0 Å². The number of hydrogen-bond acceptors (Lipinski definition) is 4. The average molecular weight is 356 g/mol. The zero-order valence-electron chi connectivity index (χ0n) is 13.9. The number of carbonyl (C=O) groups is 1. The summed E-state index contributed by atoms with van der Waals surface area (Å²) in [5, 5.41) is 3.58. The maximum atomic E-state index is 12.9. The molecule has 0 saturated heterocycles. The Labute approximate surface area is 149 Å². The minimum Gasteiger partial charge on any atom is -0.496 e. The van der Waals surface area contributed by atoms with E-state index >= 15 is 0 Å². The quantitative estimate of drug-likeness (QED) is 0.735. The Morgan fingerprint density at radius 1 is 1.20 bits per heavy atom. The summed E-state index contributed by atoms with van der Waals surface area (Å²) in [6.45, 7) is 1.88. The van der Waals surface area contributed by atoms with Gasteiger partial charge in [0.1, 0.15) is 16.6 Å². The molecule has 1 aromatic heterocycles. The predicted octanol–water partition coefficient (Wildman–Crippen LogP) is 4.45. The lowest BCUT2D eigenvalue weighted by atomic mass is 10.2. The highest BCUT2D eigenvalue weighted by Crippen LogP contribution is 2.34. The van der Waals surface area contributed by atoms with Gasteiger partial charge in [-0.05, 0) is 43.3 Å². The predicted molar refractivity (Wildman–Crippen MR) is 97.6 cm³/mol. The molecule has 2 aromatic carbocycles. The largest absolute Gasteiger partial charge is 0.496 e. The van der Waals surface area contributed by atoms with Crippen LogP contribution in [0.1, 0.15) is 10.6 Å². The van der Waals surface area contributed by atoms with E-state index in [0.29, 0.717) is 5.69 Å². The first-order valence-electron chi connectivity index (χ1n) is 7.72. The van der Waals surface area contributed by atoms with Crippen LogP contribution in [-0.2, 0) is 11.2 Å². The van der Waals surface area contributed by atoms with Crippen LogP contribution in [0.15, 0.2) is 48.5 Å². The zero-order valence-corrected chi connectivity index (χ0v) is 14.7. The van der Waals surface area contributed by atoms with Crippen LogP contribution in [-0.4, -0.2) is 18.0 Å². The normalized spacial score (nSPS) is 10.5. The van der Waals surface area contributed by atoms with Gasteiger partial charge in [-0.25, -0.2) is 9.37 Å². The molecule has 4 nitrogen and oxygen atoms in total. The number of methoxy groups -OCH3 is 1. The first-order valence-corrected chi connectivity index (χ1v) is 8.53. The van der Waals surface area contributed by atoms with E-state index in [9.17, 15) is 9.18 Å². The molecule has 0 aliphatic heterocycles. The van der Waals surface area contributed by atoms with E-state index in [1.807, 2.05) is 31.2 Å². The molecule has 0 spiro atoms. The van der Waals surface area contributed by atoms with E-state index in [2.05, 4.69) is 10.3 Å². The van der Waals surface area contributed by atoms with E-state index in [1.165, 1.54) is 35.6 Å². The number of benzene rings is 2. The van der Waals surface area contributed by atoms with Crippen LogP contribution in [0.5, 0.6) is 5.75 Å². The van der Waals surface area contributed by atoms with Crippen LogP contribution in [0.3, 0.4) is 0 Å². The van der Waals surface area contributed by atoms with Crippen LogP contribution < -0.4 is 10.1 Å². The van der Waals surface area contributed by atoms with E-state index in [0.717, 1.165) is 26.9 Å². The Hall–Kier alpha value is -2.73. The number of nitrogens with zero attached hydrogens (tertiary/aromatic N) is 1. The highest BCUT2D eigenvalue weighted by atomic mass is 32.1. The summed E-state index contributed by atoms with van der Waals surface area (Å²) >= 11 is 1.47. The maximum Gasteiger partial charge on any atom is 0.229 e. The lowest BCUT2D eigenvalue weighted by molar-refractivity contribution is -0.115. The summed E-state index contributed by atoms with van der Waals surface area (Å²) < 4.78 is 18.3. The van der Waals surface area contributed by atoms with Gasteiger partial charge in [0.05, 0.1) is 24.8 Å². The SMILES string of the molecule is COc1ccccc1-c1nc(C)c(CC(=O)Nc2ccc(F)cc2)s1. The van der Waals surface area contributed by atoms with Crippen molar-refractivity contribution < 1.29 is 13.9 Å². The summed E-state index contributed by atoms with van der Waals surface area (Å²) in [4.78, 5) is 17.7. The average Bonchev–Trinajstić information content (AvgIpc) is 2.97. The van der Waals surface area contributed by atoms with Gasteiger partial charge < -0.3 is 10.1 Å². The highest BCUT2D eigenvalue weighted by Gasteiger charge is 2.15. The molecular formula is C19H17FN2O2S. The minimum atomic E-state index is -0.335. The molecule has 0 aliphatic rings. The molecule has 3 rings (SSSR count). The minimum absolute atomic E-state index is 0.162. The zero-order chi connectivity index (χ0) is 17.8. The molecule has 1 heterocycles. The smallest absolute Gasteiger partial charge is 0.229 e. The lowest BCUT2D eigenvalue weighted by Crippen LogP contribution is -2.14. The number of aryl methyl sites for hydroxylation is 1. The second kappa shape index (κ2) is 7.44. The van der Waals surface area contributed by atoms with E-state index in [4.69, 9.17) is 4.74 Å². The van der Waals surface area contributed by atoms with Crippen LogP contribution in [0.4, 0.5) is 10.1 Å². The van der Waals surface area contributed by atoms with Crippen molar-refractivity contribution in [2.75, 3.05) is 12.4 Å². The van der Waals surface area contributed by atoms with Crippen LogP contribution in [0, 0.1) is 12.7 Å². The molecule has 0 atom stereocenters. The fraction of sp³-hybridized carbons (Fsp3) is 0.158. The number of aromatic nitrogens is 1. The Morgan fingerprint density at radius 2 is 1.92 bits per heavy atom. The number of thiazole rings is 1. The summed E-state index contributed by atoms with van der Waals surface area (Å²) in [6.07, 6.45) is 0.218. The summed E-state index contributed by atoms with van der Waals surface area (Å²) in [6, 6.07) is 13.3. The highest BCUT2D eigenvalue weighted by molar-refractivity contribution is 7.15. The molecule has 25 heavy (non-hydrogen) atoms. The van der Waals surface area contributed by atoms with Gasteiger partial charge in [0, 0.05) is 10.6 Å². The maximum absolute atomic E-state index is 12.9. The number of hydrogen-bond donors (Lipinski definition) is 1. The van der Waals surface area contributed by atoms with Crippen molar-refractivity contribution in [2.24, 2.45) is 0 Å². The van der Waals surface area contributed by atoms with E-state index in [1.54, 1.807) is 7.11 Å². The number of ether oxygens (including phenoxy) is 1. The van der Waals surface area contributed by atoms with Gasteiger partial charge in [-0.15, -0.1) is 11.3 Å². The first kappa shape index (κ1) is 17.1. The number of rotatable bonds is 5. The topological polar surface area (TPSA) is 51.2 Å². The molecule has 6 heteroatoms. The Kier molecular flexibility index (Phi) is 5.09. The molecule has 3 aromatic rings. The Bertz CT molecular complexity index is 891. The number of halogens is 1. The summed E-state index contributed by atoms with van der Waals surface area (Å²) in [7, 11) is 1.62. The van der Waals surface area contributed by atoms with Crippen molar-refractivity contribution >= 4 is 22.9 Å². The summed E-state index contributed by atoms with van der Waals surface area (Å²) in [5.41, 5.74) is 2.29.